The van der Waals surface area contributed by atoms with Gasteiger partial charge in [-0.1, -0.05) is 104 Å². The molecule has 1 unspecified atom stereocenters. The lowest BCUT2D eigenvalue weighted by Gasteiger charge is -2.56. The largest absolute Gasteiger partial charge is 0.832 e. The van der Waals surface area contributed by atoms with Gasteiger partial charge in [0.1, 0.15) is 0 Å². The van der Waals surface area contributed by atoms with Gasteiger partial charge < -0.3 is 19.2 Å². The van der Waals surface area contributed by atoms with E-state index in [4.69, 9.17) is 4.65 Å². The molecule has 33 heavy (non-hydrogen) atoms. The number of quaternary nitrogens is 1. The summed E-state index contributed by atoms with van der Waals surface area (Å²) in [5.41, 5.74) is 1.62. The van der Waals surface area contributed by atoms with Gasteiger partial charge in [-0.2, -0.15) is 0 Å². The Morgan fingerprint density at radius 3 is 1.45 bits per heavy atom. The van der Waals surface area contributed by atoms with Crippen LogP contribution in [0.4, 0.5) is 0 Å². The third kappa shape index (κ3) is 5.74. The maximum atomic E-state index is 12.1. The maximum Gasteiger partial charge on any atom is 0.343 e. The number of hydrogen-bond donors (Lipinski definition) is 1. The lowest BCUT2D eigenvalue weighted by atomic mass is 9.54. The summed E-state index contributed by atoms with van der Waals surface area (Å²) >= 11 is 0. The first-order valence-electron chi connectivity index (χ1n) is 11.7. The van der Waals surface area contributed by atoms with Crippen molar-refractivity contribution in [3.63, 3.8) is 0 Å². The van der Waals surface area contributed by atoms with Crippen LogP contribution in [0.5, 0.6) is 0 Å². The molecule has 5 heteroatoms. The van der Waals surface area contributed by atoms with Gasteiger partial charge in [-0.25, -0.2) is 0 Å². The number of nitrogens with zero attached hydrogens (tertiary/aromatic N) is 1. The maximum absolute atomic E-state index is 12.1. The normalized spacial score (nSPS) is 19.8. The molecule has 0 radical (unpaired) electrons. The van der Waals surface area contributed by atoms with Gasteiger partial charge in [0.2, 0.25) is 0 Å². The molecular formula is C28H36BNO3. The minimum absolute atomic E-state index is 0.569. The molecule has 0 aliphatic heterocycles. The van der Waals surface area contributed by atoms with E-state index in [1.54, 1.807) is 0 Å². The highest BCUT2D eigenvalue weighted by atomic mass is 16.6. The van der Waals surface area contributed by atoms with Crippen LogP contribution in [0.2, 0.25) is 0 Å². The molecular weight excluding hydrogens is 409 g/mol. The Balaban J connectivity index is 0.000000555. The van der Waals surface area contributed by atoms with Crippen molar-refractivity contribution in [3.05, 3.63) is 108 Å². The number of hydrogen-bond acceptors (Lipinski definition) is 3. The van der Waals surface area contributed by atoms with E-state index in [1.165, 1.54) is 0 Å². The molecule has 0 spiro atoms. The zero-order valence-corrected chi connectivity index (χ0v) is 20.3. The molecule has 0 aromatic heterocycles. The Hall–Kier alpha value is -2.44. The molecule has 0 bridgehead atoms. The molecule has 1 atom stereocenters. The van der Waals surface area contributed by atoms with E-state index in [-0.39, 0.29) is 0 Å². The van der Waals surface area contributed by atoms with E-state index in [0.29, 0.717) is 6.42 Å². The van der Waals surface area contributed by atoms with Crippen LogP contribution in [0.15, 0.2) is 91.0 Å². The van der Waals surface area contributed by atoms with Gasteiger partial charge in [-0.3, -0.25) is 0 Å². The lowest BCUT2D eigenvalue weighted by molar-refractivity contribution is -0.849. The first-order valence-corrected chi connectivity index (χ1v) is 11.7. The first kappa shape index (κ1) is 25.2. The summed E-state index contributed by atoms with van der Waals surface area (Å²) in [6, 6.07) is 30.4. The molecule has 4 rings (SSSR count). The molecule has 3 aromatic rings. The predicted octanol–water partition coefficient (Wildman–Crippen LogP) is 4.12. The van der Waals surface area contributed by atoms with Crippen LogP contribution in [-0.4, -0.2) is 45.0 Å². The zero-order valence-electron chi connectivity index (χ0n) is 20.3. The molecule has 3 aromatic carbocycles. The predicted molar refractivity (Wildman–Crippen MR) is 133 cm³/mol. The fourth-order valence-corrected chi connectivity index (χ4v) is 5.04. The van der Waals surface area contributed by atoms with E-state index in [9.17, 15) is 10.0 Å². The monoisotopic (exact) mass is 445 g/mol. The molecule has 1 aliphatic carbocycles. The van der Waals surface area contributed by atoms with Crippen molar-refractivity contribution in [3.8, 4) is 0 Å². The van der Waals surface area contributed by atoms with Crippen molar-refractivity contribution in [2.75, 3.05) is 28.2 Å². The van der Waals surface area contributed by atoms with E-state index in [1.807, 2.05) is 66.7 Å². The van der Waals surface area contributed by atoms with E-state index < -0.39 is 18.3 Å². The van der Waals surface area contributed by atoms with Crippen LogP contribution in [0.3, 0.4) is 0 Å². The quantitative estimate of drug-likeness (QED) is 0.475. The van der Waals surface area contributed by atoms with Gasteiger partial charge in [-0.15, -0.1) is 0 Å². The molecule has 1 aliphatic rings. The molecule has 1 saturated carbocycles. The third-order valence-electron chi connectivity index (χ3n) is 6.10. The highest BCUT2D eigenvalue weighted by Gasteiger charge is 2.56. The van der Waals surface area contributed by atoms with Crippen LogP contribution in [0, 0.1) is 0 Å². The highest BCUT2D eigenvalue weighted by Crippen LogP contribution is 2.57. The van der Waals surface area contributed by atoms with Crippen LogP contribution >= 0.6 is 0 Å². The Kier molecular flexibility index (Phi) is 8.14. The standard InChI is InChI=1S/C24H24BO3.C4H12N/c26-25(27)28-24(22-16-8-3-9-17-22)19-11-10-18-23(24,20-12-4-1-5-13-20)21-14-6-2-7-15-21;1-5(2,3)4/h1-9,12-17,26H,10-11,18-19H2;1-4H3/q-1;+1. The minimum atomic E-state index is -2.11. The van der Waals surface area contributed by atoms with Gasteiger partial charge in [-0.05, 0) is 29.5 Å². The summed E-state index contributed by atoms with van der Waals surface area (Å²) in [5.74, 6) is 0. The average molecular weight is 445 g/mol. The third-order valence-corrected chi connectivity index (χ3v) is 6.10. The summed E-state index contributed by atoms with van der Waals surface area (Å²) in [6.07, 6.45) is 3.46. The second-order valence-electron chi connectivity index (χ2n) is 10.1. The Morgan fingerprint density at radius 1 is 0.697 bits per heavy atom. The molecule has 1 fully saturated rings. The van der Waals surface area contributed by atoms with Crippen molar-refractivity contribution in [1.29, 1.82) is 0 Å². The van der Waals surface area contributed by atoms with Crippen molar-refractivity contribution < 1.29 is 19.2 Å². The van der Waals surface area contributed by atoms with Gasteiger partial charge in [0.25, 0.3) is 0 Å². The van der Waals surface area contributed by atoms with Crippen LogP contribution in [-0.2, 0) is 15.7 Å². The summed E-state index contributed by atoms with van der Waals surface area (Å²) in [6.45, 7) is 0. The minimum Gasteiger partial charge on any atom is -0.832 e. The molecule has 174 valence electrons. The second kappa shape index (κ2) is 10.7. The molecule has 4 nitrogen and oxygen atoms in total. The second-order valence-corrected chi connectivity index (χ2v) is 10.1. The summed E-state index contributed by atoms with van der Waals surface area (Å²) in [4.78, 5) is 0. The molecule has 1 N–H and O–H groups in total. The van der Waals surface area contributed by atoms with Crippen molar-refractivity contribution in [2.24, 2.45) is 0 Å². The van der Waals surface area contributed by atoms with E-state index >= 15 is 0 Å². The first-order chi connectivity index (χ1) is 15.7. The van der Waals surface area contributed by atoms with Crippen molar-refractivity contribution in [2.45, 2.75) is 36.7 Å². The molecule has 0 amide bonds. The lowest BCUT2D eigenvalue weighted by Crippen LogP contribution is -2.58. The summed E-state index contributed by atoms with van der Waals surface area (Å²) < 4.78 is 6.99. The Morgan fingerprint density at radius 2 is 1.06 bits per heavy atom. The Bertz CT molecular complexity index is 929. The zero-order chi connectivity index (χ0) is 24.0. The van der Waals surface area contributed by atoms with Crippen LogP contribution in [0.1, 0.15) is 42.4 Å². The number of benzene rings is 3. The van der Waals surface area contributed by atoms with Crippen LogP contribution < -0.4 is 5.02 Å². The molecule has 0 heterocycles. The van der Waals surface area contributed by atoms with Crippen molar-refractivity contribution in [1.82, 2.24) is 0 Å². The Labute approximate surface area is 199 Å². The summed E-state index contributed by atoms with van der Waals surface area (Å²) in [7, 11) is 6.39. The smallest absolute Gasteiger partial charge is 0.343 e. The average Bonchev–Trinajstić information content (AvgIpc) is 2.80. The van der Waals surface area contributed by atoms with E-state index in [0.717, 1.165) is 40.4 Å². The topological polar surface area (TPSA) is 52.5 Å². The van der Waals surface area contributed by atoms with Gasteiger partial charge in [0, 0.05) is 0 Å². The number of rotatable bonds is 5. The highest BCUT2D eigenvalue weighted by molar-refractivity contribution is 6.30. The summed E-state index contributed by atoms with van der Waals surface area (Å²) in [5, 5.41) is 21.9. The van der Waals surface area contributed by atoms with Gasteiger partial charge >= 0.3 is 7.32 Å². The van der Waals surface area contributed by atoms with Crippen molar-refractivity contribution >= 4 is 7.32 Å². The van der Waals surface area contributed by atoms with Gasteiger partial charge in [0.05, 0.1) is 39.2 Å². The van der Waals surface area contributed by atoms with Crippen LogP contribution in [0.25, 0.3) is 0 Å². The SMILES string of the molecule is C[N+](C)(C)C.[O-]B(O)OC1(c2ccccc2)CCCCC1(c1ccccc1)c1ccccc1. The van der Waals surface area contributed by atoms with Gasteiger partial charge in [0.15, 0.2) is 0 Å². The fraction of sp³-hybridized carbons (Fsp3) is 0.357. The molecule has 0 saturated heterocycles. The fourth-order valence-electron chi connectivity index (χ4n) is 5.04. The van der Waals surface area contributed by atoms with E-state index in [2.05, 4.69) is 52.5 Å².